The van der Waals surface area contributed by atoms with E-state index in [1.807, 2.05) is 6.92 Å². The summed E-state index contributed by atoms with van der Waals surface area (Å²) >= 11 is 0. The minimum Gasteiger partial charge on any atom is -0.465 e. The highest BCUT2D eigenvalue weighted by Crippen LogP contribution is 2.24. The molecule has 0 aliphatic carbocycles. The first-order valence-electron chi connectivity index (χ1n) is 6.07. The van der Waals surface area contributed by atoms with E-state index in [9.17, 15) is 9.59 Å². The van der Waals surface area contributed by atoms with Gasteiger partial charge in [0.2, 0.25) is 5.91 Å². The molecule has 0 fully saturated rings. The summed E-state index contributed by atoms with van der Waals surface area (Å²) in [6.07, 6.45) is 0.308. The minimum atomic E-state index is -0.465. The topological polar surface area (TPSA) is 93.5 Å². The summed E-state index contributed by atoms with van der Waals surface area (Å²) in [7, 11) is 1.31. The first-order chi connectivity index (χ1) is 9.10. The summed E-state index contributed by atoms with van der Waals surface area (Å²) in [4.78, 5) is 22.9. The molecule has 0 atom stereocenters. The van der Waals surface area contributed by atoms with Gasteiger partial charge in [-0.25, -0.2) is 4.79 Å². The van der Waals surface area contributed by atoms with Gasteiger partial charge in [-0.15, -0.1) is 0 Å². The van der Waals surface area contributed by atoms with Crippen LogP contribution in [0.25, 0.3) is 0 Å². The second kappa shape index (κ2) is 7.25. The first-order valence-corrected chi connectivity index (χ1v) is 6.07. The molecule has 0 aromatic heterocycles. The fourth-order valence-electron chi connectivity index (χ4n) is 1.63. The average Bonchev–Trinajstić information content (AvgIpc) is 2.40. The number of nitrogens with two attached hydrogens (primary N) is 1. The molecule has 1 aromatic carbocycles. The molecular weight excluding hydrogens is 246 g/mol. The molecule has 4 N–H and O–H groups in total. The molecule has 0 bridgehead atoms. The molecule has 0 radical (unpaired) electrons. The van der Waals surface area contributed by atoms with Gasteiger partial charge < -0.3 is 21.1 Å². The van der Waals surface area contributed by atoms with Crippen LogP contribution in [0.2, 0.25) is 0 Å². The number of nitrogens with one attached hydrogen (secondary N) is 2. The van der Waals surface area contributed by atoms with E-state index in [0.29, 0.717) is 36.4 Å². The van der Waals surface area contributed by atoms with Gasteiger partial charge in [0, 0.05) is 19.5 Å². The van der Waals surface area contributed by atoms with E-state index in [1.165, 1.54) is 7.11 Å². The van der Waals surface area contributed by atoms with Gasteiger partial charge in [-0.1, -0.05) is 6.07 Å². The van der Waals surface area contributed by atoms with Crippen LogP contribution in [0.4, 0.5) is 11.4 Å². The number of nitrogen functional groups attached to an aromatic ring is 1. The molecular formula is C13H19N3O3. The molecule has 0 saturated carbocycles. The lowest BCUT2D eigenvalue weighted by atomic mass is 10.1. The van der Waals surface area contributed by atoms with Crippen molar-refractivity contribution in [2.24, 2.45) is 0 Å². The number of ether oxygens (including phenoxy) is 1. The highest BCUT2D eigenvalue weighted by Gasteiger charge is 2.13. The summed E-state index contributed by atoms with van der Waals surface area (Å²) in [6, 6.07) is 4.98. The van der Waals surface area contributed by atoms with Gasteiger partial charge in [-0.2, -0.15) is 0 Å². The van der Waals surface area contributed by atoms with Crippen molar-refractivity contribution in [2.75, 3.05) is 31.2 Å². The number of hydrogen-bond donors (Lipinski definition) is 3. The third-order valence-electron chi connectivity index (χ3n) is 2.53. The fraction of sp³-hybridized carbons (Fsp3) is 0.385. The van der Waals surface area contributed by atoms with Gasteiger partial charge in [-0.3, -0.25) is 4.79 Å². The van der Waals surface area contributed by atoms with E-state index in [2.05, 4.69) is 15.4 Å². The van der Waals surface area contributed by atoms with E-state index in [0.717, 1.165) is 0 Å². The van der Waals surface area contributed by atoms with Crippen LogP contribution >= 0.6 is 0 Å². The Morgan fingerprint density at radius 1 is 1.37 bits per heavy atom. The van der Waals surface area contributed by atoms with Gasteiger partial charge in [0.05, 0.1) is 24.0 Å². The number of carbonyl (C=O) groups is 2. The lowest BCUT2D eigenvalue weighted by molar-refractivity contribution is -0.120. The Morgan fingerprint density at radius 3 is 2.74 bits per heavy atom. The Bertz CT molecular complexity index is 460. The summed E-state index contributed by atoms with van der Waals surface area (Å²) < 4.78 is 4.68. The molecule has 0 unspecified atom stereocenters. The maximum Gasteiger partial charge on any atom is 0.340 e. The van der Waals surface area contributed by atoms with E-state index < -0.39 is 5.97 Å². The summed E-state index contributed by atoms with van der Waals surface area (Å²) in [6.45, 7) is 2.85. The van der Waals surface area contributed by atoms with Crippen molar-refractivity contribution in [1.29, 1.82) is 0 Å². The molecule has 0 spiro atoms. The molecule has 6 nitrogen and oxygen atoms in total. The quantitative estimate of drug-likeness (QED) is 0.527. The Morgan fingerprint density at radius 2 is 2.11 bits per heavy atom. The van der Waals surface area contributed by atoms with E-state index in [-0.39, 0.29) is 5.91 Å². The highest BCUT2D eigenvalue weighted by molar-refractivity contribution is 5.98. The van der Waals surface area contributed by atoms with Gasteiger partial charge in [-0.05, 0) is 19.1 Å². The molecule has 1 amide bonds. The average molecular weight is 265 g/mol. The molecule has 0 heterocycles. The van der Waals surface area contributed by atoms with Crippen LogP contribution in [0.3, 0.4) is 0 Å². The third-order valence-corrected chi connectivity index (χ3v) is 2.53. The molecule has 1 aromatic rings. The van der Waals surface area contributed by atoms with Crippen molar-refractivity contribution in [1.82, 2.24) is 5.32 Å². The summed E-state index contributed by atoms with van der Waals surface area (Å²) in [5, 5.41) is 5.69. The lowest BCUT2D eigenvalue weighted by Crippen LogP contribution is -2.25. The SMILES string of the molecule is CCNC(=O)CCNc1c(N)cccc1C(=O)OC. The Hall–Kier alpha value is -2.24. The van der Waals surface area contributed by atoms with Crippen molar-refractivity contribution in [3.8, 4) is 0 Å². The molecule has 0 aliphatic rings. The zero-order valence-electron chi connectivity index (χ0n) is 11.2. The van der Waals surface area contributed by atoms with Crippen molar-refractivity contribution in [3.63, 3.8) is 0 Å². The second-order valence-electron chi connectivity index (χ2n) is 3.89. The number of hydrogen-bond acceptors (Lipinski definition) is 5. The number of methoxy groups -OCH3 is 1. The largest absolute Gasteiger partial charge is 0.465 e. The number of para-hydroxylation sites is 1. The number of anilines is 2. The van der Waals surface area contributed by atoms with E-state index in [1.54, 1.807) is 18.2 Å². The zero-order chi connectivity index (χ0) is 14.3. The van der Waals surface area contributed by atoms with Crippen LogP contribution in [0.1, 0.15) is 23.7 Å². The molecule has 19 heavy (non-hydrogen) atoms. The minimum absolute atomic E-state index is 0.0517. The molecule has 1 rings (SSSR count). The monoisotopic (exact) mass is 265 g/mol. The number of rotatable bonds is 6. The smallest absolute Gasteiger partial charge is 0.340 e. The standard InChI is InChI=1S/C13H19N3O3/c1-3-15-11(17)7-8-16-12-9(13(18)19-2)5-4-6-10(12)14/h4-6,16H,3,7-8,14H2,1-2H3,(H,15,17). The number of carbonyl (C=O) groups excluding carboxylic acids is 2. The summed E-state index contributed by atoms with van der Waals surface area (Å²) in [5.74, 6) is -0.517. The predicted molar refractivity (Wildman–Crippen MR) is 74.0 cm³/mol. The number of benzene rings is 1. The van der Waals surface area contributed by atoms with E-state index >= 15 is 0 Å². The second-order valence-corrected chi connectivity index (χ2v) is 3.89. The first kappa shape index (κ1) is 14.8. The Balaban J connectivity index is 2.71. The van der Waals surface area contributed by atoms with Crippen LogP contribution in [-0.2, 0) is 9.53 Å². The van der Waals surface area contributed by atoms with Gasteiger partial charge >= 0.3 is 5.97 Å². The molecule has 0 saturated heterocycles. The maximum absolute atomic E-state index is 11.6. The third kappa shape index (κ3) is 4.17. The van der Waals surface area contributed by atoms with Crippen molar-refractivity contribution in [3.05, 3.63) is 23.8 Å². The van der Waals surface area contributed by atoms with Crippen molar-refractivity contribution in [2.45, 2.75) is 13.3 Å². The lowest BCUT2D eigenvalue weighted by Gasteiger charge is -2.13. The normalized spacial score (nSPS) is 9.79. The van der Waals surface area contributed by atoms with Crippen LogP contribution in [0.15, 0.2) is 18.2 Å². The van der Waals surface area contributed by atoms with Crippen molar-refractivity contribution < 1.29 is 14.3 Å². The zero-order valence-corrected chi connectivity index (χ0v) is 11.2. The van der Waals surface area contributed by atoms with Gasteiger partial charge in [0.15, 0.2) is 0 Å². The Kier molecular flexibility index (Phi) is 5.66. The van der Waals surface area contributed by atoms with Crippen LogP contribution in [0, 0.1) is 0 Å². The van der Waals surface area contributed by atoms with Crippen LogP contribution in [-0.4, -0.2) is 32.1 Å². The molecule has 6 heteroatoms. The predicted octanol–water partition coefficient (Wildman–Crippen LogP) is 0.993. The summed E-state index contributed by atoms with van der Waals surface area (Å²) in [5.41, 5.74) is 7.12. The van der Waals surface area contributed by atoms with E-state index in [4.69, 9.17) is 5.73 Å². The fourth-order valence-corrected chi connectivity index (χ4v) is 1.63. The maximum atomic E-state index is 11.6. The molecule has 104 valence electrons. The van der Waals surface area contributed by atoms with Crippen LogP contribution < -0.4 is 16.4 Å². The Labute approximate surface area is 112 Å². The number of amides is 1. The van der Waals surface area contributed by atoms with Gasteiger partial charge in [0.1, 0.15) is 0 Å². The van der Waals surface area contributed by atoms with Crippen molar-refractivity contribution >= 4 is 23.3 Å². The molecule has 0 aliphatic heterocycles. The highest BCUT2D eigenvalue weighted by atomic mass is 16.5. The van der Waals surface area contributed by atoms with Gasteiger partial charge in [0.25, 0.3) is 0 Å². The number of esters is 1. The van der Waals surface area contributed by atoms with Crippen LogP contribution in [0.5, 0.6) is 0 Å².